The Labute approximate surface area is 208 Å². The number of aryl methyl sites for hydroxylation is 2. The molecule has 1 aliphatic heterocycles. The number of hydrogen-bond donors (Lipinski definition) is 1. The van der Waals surface area contributed by atoms with Gasteiger partial charge in [-0.15, -0.1) is 0 Å². The highest BCUT2D eigenvalue weighted by Crippen LogP contribution is 2.49. The maximum absolute atomic E-state index is 9.41. The summed E-state index contributed by atoms with van der Waals surface area (Å²) in [6.07, 6.45) is 9.30. The molecule has 6 heteroatoms. The lowest BCUT2D eigenvalue weighted by molar-refractivity contribution is 0.325. The standard InChI is InChI=1S/C29H32N6/c1-18-14-22(6-5-12-30)15-19(2)24(18)16-25-26-20(3)35(23-7-8-23)21(4)27(26)34-28(33-25)32-13-11-29(17-31)9-10-29/h5-6,14-15,20,23H,4,7-11,13,16H2,1-3H3,(H,32,33,34)/b6-5+. The fraction of sp³-hybridized carbons (Fsp3) is 0.448. The van der Waals surface area contributed by atoms with Crippen LogP contribution in [-0.2, 0) is 6.42 Å². The Bertz CT molecular complexity index is 1280. The highest BCUT2D eigenvalue weighted by molar-refractivity contribution is 5.70. The van der Waals surface area contributed by atoms with Crippen molar-refractivity contribution in [3.05, 3.63) is 64.0 Å². The lowest BCUT2D eigenvalue weighted by Gasteiger charge is -2.25. The van der Waals surface area contributed by atoms with E-state index in [1.807, 2.05) is 6.08 Å². The summed E-state index contributed by atoms with van der Waals surface area (Å²) in [6.45, 7) is 11.6. The number of hydrogen-bond acceptors (Lipinski definition) is 6. The van der Waals surface area contributed by atoms with Crippen LogP contribution >= 0.6 is 0 Å². The first-order chi connectivity index (χ1) is 16.9. The third kappa shape index (κ3) is 4.42. The number of nitrogens with one attached hydrogen (secondary N) is 1. The molecule has 2 heterocycles. The van der Waals surface area contributed by atoms with E-state index in [0.29, 0.717) is 18.5 Å². The van der Waals surface area contributed by atoms with E-state index in [-0.39, 0.29) is 11.5 Å². The average molecular weight is 465 g/mol. The van der Waals surface area contributed by atoms with E-state index >= 15 is 0 Å². The number of benzene rings is 1. The van der Waals surface area contributed by atoms with Crippen molar-refractivity contribution >= 4 is 17.7 Å². The van der Waals surface area contributed by atoms with Crippen LogP contribution < -0.4 is 5.32 Å². The van der Waals surface area contributed by atoms with Crippen LogP contribution in [0.25, 0.3) is 11.8 Å². The van der Waals surface area contributed by atoms with Crippen LogP contribution in [0.5, 0.6) is 0 Å². The summed E-state index contributed by atoms with van der Waals surface area (Å²) in [5, 5.41) is 21.7. The predicted molar refractivity (Wildman–Crippen MR) is 138 cm³/mol. The third-order valence-electron chi connectivity index (χ3n) is 7.78. The van der Waals surface area contributed by atoms with Crippen molar-refractivity contribution in [2.45, 2.75) is 71.4 Å². The summed E-state index contributed by atoms with van der Waals surface area (Å²) in [4.78, 5) is 12.4. The minimum absolute atomic E-state index is 0.149. The largest absolute Gasteiger partial charge is 0.360 e. The number of aromatic nitrogens is 2. The molecule has 2 saturated carbocycles. The number of anilines is 1. The van der Waals surface area contributed by atoms with Crippen LogP contribution in [-0.4, -0.2) is 27.5 Å². The molecule has 1 atom stereocenters. The SMILES string of the molecule is C=C1c2nc(NCCC3(C#N)CC3)nc(Cc3c(C)cc(/C=C/C#N)cc3C)c2C(C)N1C1CC1. The van der Waals surface area contributed by atoms with Gasteiger partial charge >= 0.3 is 0 Å². The van der Waals surface area contributed by atoms with Crippen molar-refractivity contribution in [2.24, 2.45) is 5.41 Å². The van der Waals surface area contributed by atoms with Crippen molar-refractivity contribution in [1.82, 2.24) is 14.9 Å². The Balaban J connectivity index is 1.49. The molecule has 0 amide bonds. The summed E-state index contributed by atoms with van der Waals surface area (Å²) >= 11 is 0. The van der Waals surface area contributed by atoms with Crippen molar-refractivity contribution in [2.75, 3.05) is 11.9 Å². The molecule has 5 rings (SSSR count). The molecule has 1 aromatic heterocycles. The summed E-state index contributed by atoms with van der Waals surface area (Å²) in [5.41, 5.74) is 8.73. The minimum Gasteiger partial charge on any atom is -0.360 e. The van der Waals surface area contributed by atoms with Gasteiger partial charge in [0, 0.05) is 30.6 Å². The topological polar surface area (TPSA) is 88.6 Å². The highest BCUT2D eigenvalue weighted by Gasteiger charge is 2.43. The average Bonchev–Trinajstić information content (AvgIpc) is 3.76. The van der Waals surface area contributed by atoms with Crippen molar-refractivity contribution < 1.29 is 0 Å². The summed E-state index contributed by atoms with van der Waals surface area (Å²) in [7, 11) is 0. The molecule has 6 nitrogen and oxygen atoms in total. The van der Waals surface area contributed by atoms with Gasteiger partial charge in [-0.05, 0) is 81.2 Å². The van der Waals surface area contributed by atoms with Crippen LogP contribution in [0.1, 0.15) is 84.3 Å². The molecule has 1 unspecified atom stereocenters. The summed E-state index contributed by atoms with van der Waals surface area (Å²) < 4.78 is 0. The molecule has 0 saturated heterocycles. The van der Waals surface area contributed by atoms with Crippen LogP contribution in [0.2, 0.25) is 0 Å². The Morgan fingerprint density at radius 3 is 2.51 bits per heavy atom. The van der Waals surface area contributed by atoms with E-state index in [9.17, 15) is 5.26 Å². The normalized spacial score (nSPS) is 20.0. The van der Waals surface area contributed by atoms with Crippen molar-refractivity contribution in [3.63, 3.8) is 0 Å². The van der Waals surface area contributed by atoms with E-state index < -0.39 is 0 Å². The maximum Gasteiger partial charge on any atom is 0.223 e. The molecule has 2 aromatic rings. The lowest BCUT2D eigenvalue weighted by Crippen LogP contribution is -2.21. The Kier molecular flexibility index (Phi) is 5.85. The molecule has 0 bridgehead atoms. The second-order valence-corrected chi connectivity index (χ2v) is 10.4. The number of nitrogens with zero attached hydrogens (tertiary/aromatic N) is 5. The maximum atomic E-state index is 9.41. The van der Waals surface area contributed by atoms with Gasteiger partial charge in [0.1, 0.15) is 0 Å². The van der Waals surface area contributed by atoms with Gasteiger partial charge in [-0.1, -0.05) is 18.7 Å². The molecule has 2 aliphatic carbocycles. The first-order valence-electron chi connectivity index (χ1n) is 12.6. The minimum atomic E-state index is -0.149. The van der Waals surface area contributed by atoms with Crippen molar-refractivity contribution in [1.29, 1.82) is 10.5 Å². The fourth-order valence-electron chi connectivity index (χ4n) is 5.46. The zero-order chi connectivity index (χ0) is 24.7. The molecular weight excluding hydrogens is 432 g/mol. The molecule has 1 aromatic carbocycles. The van der Waals surface area contributed by atoms with E-state index in [4.69, 9.17) is 15.2 Å². The molecule has 3 aliphatic rings. The number of fused-ring (bicyclic) bond motifs is 1. The molecule has 0 radical (unpaired) electrons. The quantitative estimate of drug-likeness (QED) is 0.494. The smallest absolute Gasteiger partial charge is 0.223 e. The predicted octanol–water partition coefficient (Wildman–Crippen LogP) is 5.84. The monoisotopic (exact) mass is 464 g/mol. The second kappa shape index (κ2) is 8.86. The van der Waals surface area contributed by atoms with Gasteiger partial charge < -0.3 is 10.2 Å². The molecule has 1 N–H and O–H groups in total. The lowest BCUT2D eigenvalue weighted by atomic mass is 9.93. The van der Waals surface area contributed by atoms with E-state index in [2.05, 4.69) is 61.8 Å². The van der Waals surface area contributed by atoms with Crippen LogP contribution in [0.4, 0.5) is 5.95 Å². The summed E-state index contributed by atoms with van der Waals surface area (Å²) in [6, 6.07) is 9.56. The second-order valence-electron chi connectivity index (χ2n) is 10.4. The third-order valence-corrected chi connectivity index (χ3v) is 7.78. The summed E-state index contributed by atoms with van der Waals surface area (Å²) in [5.74, 6) is 0.627. The highest BCUT2D eigenvalue weighted by atomic mass is 15.3. The first-order valence-corrected chi connectivity index (χ1v) is 12.6. The molecule has 2 fully saturated rings. The zero-order valence-electron chi connectivity index (χ0n) is 20.9. The van der Waals surface area contributed by atoms with Gasteiger partial charge in [0.2, 0.25) is 5.95 Å². The Morgan fingerprint density at radius 1 is 1.20 bits per heavy atom. The van der Waals surface area contributed by atoms with Gasteiger partial charge in [0.15, 0.2) is 0 Å². The number of allylic oxidation sites excluding steroid dienone is 1. The van der Waals surface area contributed by atoms with E-state index in [1.165, 1.54) is 41.2 Å². The van der Waals surface area contributed by atoms with Gasteiger partial charge in [-0.3, -0.25) is 0 Å². The molecule has 0 spiro atoms. The fourth-order valence-corrected chi connectivity index (χ4v) is 5.46. The molecule has 178 valence electrons. The number of nitriles is 2. The first kappa shape index (κ1) is 23.1. The molecule has 35 heavy (non-hydrogen) atoms. The van der Waals surface area contributed by atoms with Gasteiger partial charge in [0.25, 0.3) is 0 Å². The molecular formula is C29H32N6. The Morgan fingerprint density at radius 2 is 1.91 bits per heavy atom. The van der Waals surface area contributed by atoms with E-state index in [0.717, 1.165) is 48.3 Å². The van der Waals surface area contributed by atoms with Gasteiger partial charge in [-0.25, -0.2) is 9.97 Å². The van der Waals surface area contributed by atoms with Crippen LogP contribution in [0.15, 0.2) is 24.8 Å². The van der Waals surface area contributed by atoms with Crippen molar-refractivity contribution in [3.8, 4) is 12.1 Å². The number of rotatable bonds is 8. The van der Waals surface area contributed by atoms with Gasteiger partial charge in [0.05, 0.1) is 40.7 Å². The van der Waals surface area contributed by atoms with E-state index in [1.54, 1.807) is 0 Å². The van der Waals surface area contributed by atoms with Gasteiger partial charge in [-0.2, -0.15) is 10.5 Å². The van der Waals surface area contributed by atoms with Crippen LogP contribution in [0.3, 0.4) is 0 Å². The van der Waals surface area contributed by atoms with Crippen LogP contribution in [0, 0.1) is 41.9 Å². The Hall–Kier alpha value is -3.64. The zero-order valence-corrected chi connectivity index (χ0v) is 20.9.